The highest BCUT2D eigenvalue weighted by atomic mass is 79.9. The molecule has 1 heterocycles. The quantitative estimate of drug-likeness (QED) is 0.659. The van der Waals surface area contributed by atoms with Crippen LogP contribution >= 0.6 is 15.9 Å². The predicted octanol–water partition coefficient (Wildman–Crippen LogP) is 4.10. The van der Waals surface area contributed by atoms with Gasteiger partial charge in [-0.15, -0.1) is 0 Å². The zero-order valence-corrected chi connectivity index (χ0v) is 19.3. The van der Waals surface area contributed by atoms with Gasteiger partial charge in [-0.25, -0.2) is 0 Å². The molecule has 5 nitrogen and oxygen atoms in total. The van der Waals surface area contributed by atoms with Crippen molar-refractivity contribution in [2.45, 2.75) is 51.6 Å². The Kier molecular flexibility index (Phi) is 5.32. The van der Waals surface area contributed by atoms with E-state index in [1.807, 2.05) is 29.2 Å². The second-order valence-electron chi connectivity index (χ2n) is 10.0. The summed E-state index contributed by atoms with van der Waals surface area (Å²) >= 11 is 3.41. The summed E-state index contributed by atoms with van der Waals surface area (Å²) in [6.07, 6.45) is 6.84. The molecule has 0 aromatic heterocycles. The Bertz CT molecular complexity index is 781. The monoisotopic (exact) mass is 474 g/mol. The summed E-state index contributed by atoms with van der Waals surface area (Å²) in [4.78, 5) is 30.3. The lowest BCUT2D eigenvalue weighted by atomic mass is 9.49. The molecule has 1 aliphatic heterocycles. The van der Waals surface area contributed by atoms with Crippen molar-refractivity contribution < 1.29 is 14.3 Å². The van der Waals surface area contributed by atoms with Gasteiger partial charge in [0.1, 0.15) is 5.75 Å². The van der Waals surface area contributed by atoms with E-state index in [0.717, 1.165) is 41.5 Å². The third-order valence-electron chi connectivity index (χ3n) is 7.84. The normalized spacial score (nSPS) is 33.5. The molecular weight excluding hydrogens is 444 g/mol. The van der Waals surface area contributed by atoms with E-state index in [4.69, 9.17) is 4.74 Å². The molecule has 4 bridgehead atoms. The van der Waals surface area contributed by atoms with Gasteiger partial charge in [0.05, 0.1) is 5.41 Å². The molecular formula is C24H31BrN2O3. The number of benzene rings is 1. The highest BCUT2D eigenvalue weighted by Gasteiger charge is 2.55. The molecule has 5 fully saturated rings. The van der Waals surface area contributed by atoms with Crippen molar-refractivity contribution in [2.75, 3.05) is 26.2 Å². The standard InChI is InChI=1S/C24H31BrN2O3/c1-16(30-21-4-2-20(25)3-5-21)22(28)26-6-8-27(9-7-26)23(29)24-13-17-10-18(14-24)12-19(11-17)15-24/h2-5,16-19H,6-15H2,1H3. The number of nitrogens with zero attached hydrogens (tertiary/aromatic N) is 2. The minimum atomic E-state index is -0.531. The Balaban J connectivity index is 1.17. The molecule has 0 spiro atoms. The number of ether oxygens (including phenoxy) is 1. The zero-order chi connectivity index (χ0) is 20.9. The first-order valence-electron chi connectivity index (χ1n) is 11.4. The summed E-state index contributed by atoms with van der Waals surface area (Å²) in [5.41, 5.74) is -0.0844. The summed E-state index contributed by atoms with van der Waals surface area (Å²) in [5, 5.41) is 0. The highest BCUT2D eigenvalue weighted by Crippen LogP contribution is 2.60. The van der Waals surface area contributed by atoms with E-state index in [-0.39, 0.29) is 11.3 Å². The van der Waals surface area contributed by atoms with Gasteiger partial charge in [0.2, 0.25) is 5.91 Å². The van der Waals surface area contributed by atoms with Gasteiger partial charge in [-0.1, -0.05) is 15.9 Å². The van der Waals surface area contributed by atoms with Crippen LogP contribution in [0, 0.1) is 23.2 Å². The SMILES string of the molecule is CC(Oc1ccc(Br)cc1)C(=O)N1CCN(C(=O)C23CC4CC(CC(C4)C2)C3)CC1. The number of piperazine rings is 1. The smallest absolute Gasteiger partial charge is 0.263 e. The zero-order valence-electron chi connectivity index (χ0n) is 17.7. The Morgan fingerprint density at radius 1 is 0.933 bits per heavy atom. The summed E-state index contributed by atoms with van der Waals surface area (Å²) in [7, 11) is 0. The molecule has 1 saturated heterocycles. The minimum Gasteiger partial charge on any atom is -0.481 e. The number of amides is 2. The van der Waals surface area contributed by atoms with Crippen LogP contribution in [0.4, 0.5) is 0 Å². The first-order valence-corrected chi connectivity index (χ1v) is 12.2. The third kappa shape index (κ3) is 3.76. The lowest BCUT2D eigenvalue weighted by Gasteiger charge is -2.57. The van der Waals surface area contributed by atoms with Gasteiger partial charge in [-0.05, 0) is 87.5 Å². The minimum absolute atomic E-state index is 0.000165. The van der Waals surface area contributed by atoms with E-state index >= 15 is 0 Å². The van der Waals surface area contributed by atoms with E-state index in [2.05, 4.69) is 20.8 Å². The van der Waals surface area contributed by atoms with E-state index < -0.39 is 6.10 Å². The number of carbonyl (C=O) groups is 2. The van der Waals surface area contributed by atoms with Gasteiger partial charge in [0.15, 0.2) is 6.10 Å². The van der Waals surface area contributed by atoms with E-state index in [1.54, 1.807) is 6.92 Å². The summed E-state index contributed by atoms with van der Waals surface area (Å²) < 4.78 is 6.81. The van der Waals surface area contributed by atoms with Crippen molar-refractivity contribution in [1.29, 1.82) is 0 Å². The van der Waals surface area contributed by atoms with Crippen LogP contribution in [-0.2, 0) is 9.59 Å². The second kappa shape index (κ2) is 7.85. The topological polar surface area (TPSA) is 49.9 Å². The lowest BCUT2D eigenvalue weighted by Crippen LogP contribution is -2.59. The largest absolute Gasteiger partial charge is 0.481 e. The maximum Gasteiger partial charge on any atom is 0.263 e. The van der Waals surface area contributed by atoms with Crippen molar-refractivity contribution in [3.63, 3.8) is 0 Å². The lowest BCUT2D eigenvalue weighted by molar-refractivity contribution is -0.161. The molecule has 4 saturated carbocycles. The molecule has 30 heavy (non-hydrogen) atoms. The van der Waals surface area contributed by atoms with Crippen molar-refractivity contribution in [3.8, 4) is 5.75 Å². The van der Waals surface area contributed by atoms with Gasteiger partial charge >= 0.3 is 0 Å². The van der Waals surface area contributed by atoms with E-state index in [9.17, 15) is 9.59 Å². The average Bonchev–Trinajstić information content (AvgIpc) is 2.73. The molecule has 1 aromatic carbocycles. The molecule has 0 N–H and O–H groups in total. The van der Waals surface area contributed by atoms with Crippen LogP contribution in [0.3, 0.4) is 0 Å². The number of hydrogen-bond acceptors (Lipinski definition) is 3. The van der Waals surface area contributed by atoms with Gasteiger partial charge < -0.3 is 14.5 Å². The molecule has 162 valence electrons. The average molecular weight is 475 g/mol. The molecule has 0 radical (unpaired) electrons. The summed E-state index contributed by atoms with van der Waals surface area (Å²) in [6, 6.07) is 7.52. The second-order valence-corrected chi connectivity index (χ2v) is 10.9. The molecule has 6 rings (SSSR count). The van der Waals surface area contributed by atoms with Gasteiger partial charge in [-0.2, -0.15) is 0 Å². The fraction of sp³-hybridized carbons (Fsp3) is 0.667. The highest BCUT2D eigenvalue weighted by molar-refractivity contribution is 9.10. The van der Waals surface area contributed by atoms with Crippen molar-refractivity contribution in [2.24, 2.45) is 23.2 Å². The van der Waals surface area contributed by atoms with Crippen LogP contribution in [0.1, 0.15) is 45.4 Å². The molecule has 5 aliphatic rings. The molecule has 1 unspecified atom stereocenters. The first kappa shape index (κ1) is 20.3. The number of carbonyl (C=O) groups excluding carboxylic acids is 2. The Hall–Kier alpha value is -1.56. The third-order valence-corrected chi connectivity index (χ3v) is 8.37. The molecule has 6 heteroatoms. The Labute approximate surface area is 187 Å². The van der Waals surface area contributed by atoms with Crippen LogP contribution in [0.25, 0.3) is 0 Å². The molecule has 1 aromatic rings. The van der Waals surface area contributed by atoms with Gasteiger partial charge in [-0.3, -0.25) is 9.59 Å². The van der Waals surface area contributed by atoms with Crippen LogP contribution in [-0.4, -0.2) is 53.9 Å². The predicted molar refractivity (Wildman–Crippen MR) is 118 cm³/mol. The van der Waals surface area contributed by atoms with Crippen LogP contribution in [0.15, 0.2) is 28.7 Å². The molecule has 2 amide bonds. The van der Waals surface area contributed by atoms with Crippen LogP contribution in [0.2, 0.25) is 0 Å². The Morgan fingerprint density at radius 2 is 1.43 bits per heavy atom. The summed E-state index contributed by atoms with van der Waals surface area (Å²) in [5.74, 6) is 3.40. The summed E-state index contributed by atoms with van der Waals surface area (Å²) in [6.45, 7) is 4.31. The Morgan fingerprint density at radius 3 is 1.97 bits per heavy atom. The van der Waals surface area contributed by atoms with E-state index in [0.29, 0.717) is 37.8 Å². The maximum absolute atomic E-state index is 13.5. The maximum atomic E-state index is 13.5. The van der Waals surface area contributed by atoms with Crippen LogP contribution < -0.4 is 4.74 Å². The number of halogens is 1. The van der Waals surface area contributed by atoms with Crippen molar-refractivity contribution in [3.05, 3.63) is 28.7 Å². The number of hydrogen-bond donors (Lipinski definition) is 0. The van der Waals surface area contributed by atoms with Crippen LogP contribution in [0.5, 0.6) is 5.75 Å². The first-order chi connectivity index (χ1) is 14.4. The molecule has 4 aliphatic carbocycles. The number of rotatable bonds is 4. The van der Waals surface area contributed by atoms with Crippen molar-refractivity contribution in [1.82, 2.24) is 9.80 Å². The molecule has 1 atom stereocenters. The van der Waals surface area contributed by atoms with Gasteiger partial charge in [0.25, 0.3) is 5.91 Å². The van der Waals surface area contributed by atoms with Crippen molar-refractivity contribution >= 4 is 27.7 Å². The van der Waals surface area contributed by atoms with Gasteiger partial charge in [0, 0.05) is 30.7 Å². The van der Waals surface area contributed by atoms with E-state index in [1.165, 1.54) is 19.3 Å². The fourth-order valence-corrected chi connectivity index (χ4v) is 7.13. The fourth-order valence-electron chi connectivity index (χ4n) is 6.86.